The van der Waals surface area contributed by atoms with Gasteiger partial charge in [0.2, 0.25) is 0 Å². The fourth-order valence-corrected chi connectivity index (χ4v) is 4.25. The van der Waals surface area contributed by atoms with E-state index in [1.54, 1.807) is 20.1 Å². The van der Waals surface area contributed by atoms with Crippen molar-refractivity contribution in [2.75, 3.05) is 13.9 Å². The summed E-state index contributed by atoms with van der Waals surface area (Å²) >= 11 is 0. The molecule has 0 amide bonds. The smallest absolute Gasteiger partial charge is 0.152 e. The lowest BCUT2D eigenvalue weighted by atomic mass is 9.87. The summed E-state index contributed by atoms with van der Waals surface area (Å²) in [6, 6.07) is 17.9. The summed E-state index contributed by atoms with van der Waals surface area (Å²) in [6.45, 7) is 8.83. The number of methoxy groups -OCH3 is 1. The van der Waals surface area contributed by atoms with Gasteiger partial charge >= 0.3 is 0 Å². The molecular weight excluding hydrogens is 480 g/mol. The second-order valence-electron chi connectivity index (χ2n) is 10.3. The molecule has 0 unspecified atom stereocenters. The van der Waals surface area contributed by atoms with E-state index >= 15 is 0 Å². The third-order valence-corrected chi connectivity index (χ3v) is 6.65. The molecule has 0 aromatic heterocycles. The van der Waals surface area contributed by atoms with E-state index in [9.17, 15) is 4.79 Å². The Bertz CT molecular complexity index is 1040. The van der Waals surface area contributed by atoms with Gasteiger partial charge in [0.25, 0.3) is 0 Å². The molecule has 206 valence electrons. The first-order chi connectivity index (χ1) is 18.3. The fraction of sp³-hybridized carbons (Fsp3) is 0.469. The van der Waals surface area contributed by atoms with Crippen LogP contribution in [-0.2, 0) is 37.0 Å². The van der Waals surface area contributed by atoms with Crippen LogP contribution in [0, 0.1) is 5.41 Å². The normalized spacial score (nSPS) is 17.5. The molecule has 1 aliphatic heterocycles. The van der Waals surface area contributed by atoms with Crippen LogP contribution >= 0.6 is 0 Å². The van der Waals surface area contributed by atoms with Crippen molar-refractivity contribution in [3.05, 3.63) is 89.7 Å². The van der Waals surface area contributed by atoms with Gasteiger partial charge in [0.05, 0.1) is 32.5 Å². The number of carbonyl (C=O) groups is 1. The molecule has 6 nitrogen and oxygen atoms in total. The van der Waals surface area contributed by atoms with Crippen LogP contribution in [0.3, 0.4) is 0 Å². The molecule has 0 fully saturated rings. The second-order valence-corrected chi connectivity index (χ2v) is 10.3. The number of ether oxygens (including phenoxy) is 5. The maximum atomic E-state index is 11.5. The summed E-state index contributed by atoms with van der Waals surface area (Å²) < 4.78 is 29.9. The highest BCUT2D eigenvalue weighted by Gasteiger charge is 2.31. The highest BCUT2D eigenvalue weighted by molar-refractivity contribution is 5.87. The van der Waals surface area contributed by atoms with E-state index < -0.39 is 0 Å². The minimum absolute atomic E-state index is 0.0165. The highest BCUT2D eigenvalue weighted by atomic mass is 16.7. The number of hydrogen-bond donors (Lipinski definition) is 0. The average molecular weight is 523 g/mol. The molecule has 2 aromatic rings. The van der Waals surface area contributed by atoms with Gasteiger partial charge in [-0.15, -0.1) is 0 Å². The predicted molar refractivity (Wildman–Crippen MR) is 149 cm³/mol. The van der Waals surface area contributed by atoms with Crippen LogP contribution in [0.1, 0.15) is 58.1 Å². The summed E-state index contributed by atoms with van der Waals surface area (Å²) in [4.78, 5) is 11.5. The Hall–Kier alpha value is -2.93. The summed E-state index contributed by atoms with van der Waals surface area (Å²) in [5.41, 5.74) is 1.80. The van der Waals surface area contributed by atoms with Crippen molar-refractivity contribution in [1.29, 1.82) is 0 Å². The third kappa shape index (κ3) is 9.75. The molecule has 0 aliphatic carbocycles. The van der Waals surface area contributed by atoms with E-state index in [4.69, 9.17) is 23.7 Å². The van der Waals surface area contributed by atoms with Crippen LogP contribution in [-0.4, -0.2) is 38.0 Å². The van der Waals surface area contributed by atoms with Crippen LogP contribution in [0.15, 0.2) is 78.6 Å². The number of carbonyl (C=O) groups excluding carboxylic acids is 1. The highest BCUT2D eigenvalue weighted by Crippen LogP contribution is 2.35. The van der Waals surface area contributed by atoms with Gasteiger partial charge in [0.15, 0.2) is 5.78 Å². The van der Waals surface area contributed by atoms with Gasteiger partial charge in [-0.25, -0.2) is 0 Å². The van der Waals surface area contributed by atoms with Gasteiger partial charge in [-0.1, -0.05) is 48.5 Å². The van der Waals surface area contributed by atoms with Gasteiger partial charge in [0, 0.05) is 11.8 Å². The minimum atomic E-state index is -0.364. The standard InChI is InChI=1S/C32H42O6/c1-24(33)18-19-32(3,4)31-13-9-12-29(38-31)20-30(36-22-27-14-16-28(34-5)17-15-27)25(2)37-23-35-21-26-10-7-6-8-11-26/h6-8,10-11,13-19,25,29-30H,9,12,20-23H2,1-5H3/b19-18+/t25-,29+,30-/m1/s1. The topological polar surface area (TPSA) is 63.2 Å². The van der Waals surface area contributed by atoms with Gasteiger partial charge in [-0.3, -0.25) is 4.79 Å². The molecule has 0 saturated heterocycles. The van der Waals surface area contributed by atoms with Gasteiger partial charge in [0.1, 0.15) is 24.4 Å². The lowest BCUT2D eigenvalue weighted by Gasteiger charge is -2.35. The summed E-state index contributed by atoms with van der Waals surface area (Å²) in [7, 11) is 1.66. The second kappa shape index (κ2) is 14.9. The zero-order valence-corrected chi connectivity index (χ0v) is 23.4. The van der Waals surface area contributed by atoms with Crippen molar-refractivity contribution >= 4 is 5.78 Å². The summed E-state index contributed by atoms with van der Waals surface area (Å²) in [6.07, 6.45) is 7.73. The minimum Gasteiger partial charge on any atom is -0.497 e. The SMILES string of the molecule is COc1ccc(CO[C@H](C[C@@H]2CCC=C(C(C)(C)/C=C/C(C)=O)O2)[C@@H](C)OCOCc2ccccc2)cc1. The maximum absolute atomic E-state index is 11.5. The van der Waals surface area contributed by atoms with E-state index in [2.05, 4.69) is 19.9 Å². The van der Waals surface area contributed by atoms with E-state index in [0.717, 1.165) is 35.5 Å². The number of ketones is 1. The van der Waals surface area contributed by atoms with E-state index in [0.29, 0.717) is 19.6 Å². The lowest BCUT2D eigenvalue weighted by Crippen LogP contribution is -2.35. The molecule has 2 aromatic carbocycles. The van der Waals surface area contributed by atoms with E-state index in [1.807, 2.05) is 67.6 Å². The fourth-order valence-electron chi connectivity index (χ4n) is 4.25. The molecule has 0 N–H and O–H groups in total. The number of rotatable bonds is 15. The Kier molecular flexibility index (Phi) is 11.6. The lowest BCUT2D eigenvalue weighted by molar-refractivity contribution is -0.147. The largest absolute Gasteiger partial charge is 0.497 e. The van der Waals surface area contributed by atoms with Crippen LogP contribution in [0.5, 0.6) is 5.75 Å². The number of allylic oxidation sites excluding steroid dienone is 3. The maximum Gasteiger partial charge on any atom is 0.152 e. The molecule has 0 bridgehead atoms. The van der Waals surface area contributed by atoms with Crippen molar-refractivity contribution in [1.82, 2.24) is 0 Å². The van der Waals surface area contributed by atoms with Gasteiger partial charge in [-0.05, 0) is 75.9 Å². The molecule has 3 rings (SSSR count). The van der Waals surface area contributed by atoms with Crippen LogP contribution in [0.4, 0.5) is 0 Å². The van der Waals surface area contributed by atoms with Gasteiger partial charge < -0.3 is 23.7 Å². The zero-order valence-electron chi connectivity index (χ0n) is 23.4. The quantitative estimate of drug-likeness (QED) is 0.146. The Labute approximate surface area is 227 Å². The molecule has 6 heteroatoms. The summed E-state index contributed by atoms with van der Waals surface area (Å²) in [5, 5.41) is 0. The Morgan fingerprint density at radius 2 is 1.76 bits per heavy atom. The molecule has 38 heavy (non-hydrogen) atoms. The molecule has 1 aliphatic rings. The van der Waals surface area contributed by atoms with E-state index in [-0.39, 0.29) is 36.3 Å². The third-order valence-electron chi connectivity index (χ3n) is 6.65. The molecule has 3 atom stereocenters. The van der Waals surface area contributed by atoms with Crippen molar-refractivity contribution in [3.63, 3.8) is 0 Å². The van der Waals surface area contributed by atoms with Crippen molar-refractivity contribution in [2.45, 2.75) is 78.5 Å². The first kappa shape index (κ1) is 29.6. The Morgan fingerprint density at radius 3 is 2.45 bits per heavy atom. The average Bonchev–Trinajstić information content (AvgIpc) is 2.93. The zero-order chi connectivity index (χ0) is 27.4. The summed E-state index contributed by atoms with van der Waals surface area (Å²) in [5.74, 6) is 1.73. The van der Waals surface area contributed by atoms with Crippen molar-refractivity contribution in [2.24, 2.45) is 5.41 Å². The predicted octanol–water partition coefficient (Wildman–Crippen LogP) is 6.78. The molecule has 0 saturated carbocycles. The van der Waals surface area contributed by atoms with Crippen LogP contribution in [0.25, 0.3) is 0 Å². The number of benzene rings is 2. The Morgan fingerprint density at radius 1 is 1.05 bits per heavy atom. The molecular formula is C32H42O6. The van der Waals surface area contributed by atoms with E-state index in [1.165, 1.54) is 0 Å². The van der Waals surface area contributed by atoms with Crippen molar-refractivity contribution in [3.8, 4) is 5.75 Å². The molecule has 0 radical (unpaired) electrons. The number of hydrogen-bond acceptors (Lipinski definition) is 6. The molecule has 0 spiro atoms. The molecule has 1 heterocycles. The Balaban J connectivity index is 1.61. The van der Waals surface area contributed by atoms with Crippen molar-refractivity contribution < 1.29 is 28.5 Å². The first-order valence-corrected chi connectivity index (χ1v) is 13.3. The van der Waals surface area contributed by atoms with Crippen LogP contribution in [0.2, 0.25) is 0 Å². The van der Waals surface area contributed by atoms with Gasteiger partial charge in [-0.2, -0.15) is 0 Å². The monoisotopic (exact) mass is 522 g/mol. The first-order valence-electron chi connectivity index (χ1n) is 13.3. The van der Waals surface area contributed by atoms with Crippen LogP contribution < -0.4 is 4.74 Å².